The summed E-state index contributed by atoms with van der Waals surface area (Å²) in [7, 11) is 0. The van der Waals surface area contributed by atoms with Crippen LogP contribution in [0.25, 0.3) is 0 Å². The zero-order chi connectivity index (χ0) is 12.5. The van der Waals surface area contributed by atoms with E-state index in [1.807, 2.05) is 19.9 Å². The smallest absolute Gasteiger partial charge is 0.162 e. The number of halogens is 2. The van der Waals surface area contributed by atoms with Crippen molar-refractivity contribution in [2.45, 2.75) is 25.7 Å². The van der Waals surface area contributed by atoms with Crippen LogP contribution in [0.1, 0.15) is 13.8 Å². The highest BCUT2D eigenvalue weighted by Gasteiger charge is 2.28. The van der Waals surface area contributed by atoms with E-state index in [9.17, 15) is 0 Å². The lowest BCUT2D eigenvalue weighted by molar-refractivity contribution is -0.247. The van der Waals surface area contributed by atoms with E-state index < -0.39 is 5.79 Å². The summed E-state index contributed by atoms with van der Waals surface area (Å²) in [6, 6.07) is 5.57. The highest BCUT2D eigenvalue weighted by atomic mass is 35.5. The minimum atomic E-state index is -0.490. The van der Waals surface area contributed by atoms with Crippen LogP contribution in [0.15, 0.2) is 18.2 Å². The summed E-state index contributed by atoms with van der Waals surface area (Å²) in [6.07, 6.45) is 0. The molecule has 0 aliphatic carbocycles. The lowest BCUT2D eigenvalue weighted by atomic mass is 10.2. The van der Waals surface area contributed by atoms with Gasteiger partial charge in [0.05, 0.1) is 29.3 Å². The second-order valence-electron chi connectivity index (χ2n) is 4.49. The lowest BCUT2D eigenvalue weighted by Crippen LogP contribution is -2.45. The average molecular weight is 276 g/mol. The monoisotopic (exact) mass is 275 g/mol. The van der Waals surface area contributed by atoms with E-state index in [-0.39, 0.29) is 6.04 Å². The van der Waals surface area contributed by atoms with Gasteiger partial charge in [-0.3, -0.25) is 0 Å². The number of ether oxygens (including phenoxy) is 2. The Morgan fingerprint density at radius 3 is 2.41 bits per heavy atom. The zero-order valence-electron chi connectivity index (χ0n) is 9.80. The number of rotatable bonds is 2. The van der Waals surface area contributed by atoms with Crippen LogP contribution in [0.2, 0.25) is 10.0 Å². The standard InChI is InChI=1S/C12H15Cl2NO2/c1-12(2)16-6-9(7-17-12)15-8-3-4-10(13)11(14)5-8/h3-5,9,15H,6-7H2,1-2H3. The fourth-order valence-corrected chi connectivity index (χ4v) is 1.90. The molecule has 1 heterocycles. The third-order valence-corrected chi connectivity index (χ3v) is 3.29. The Morgan fingerprint density at radius 1 is 1.18 bits per heavy atom. The molecule has 0 atom stereocenters. The van der Waals surface area contributed by atoms with Crippen LogP contribution < -0.4 is 5.32 Å². The fraction of sp³-hybridized carbons (Fsp3) is 0.500. The minimum absolute atomic E-state index is 0.125. The molecule has 0 radical (unpaired) electrons. The number of hydrogen-bond donors (Lipinski definition) is 1. The Balaban J connectivity index is 1.95. The molecule has 3 nitrogen and oxygen atoms in total. The van der Waals surface area contributed by atoms with Gasteiger partial charge in [-0.05, 0) is 32.0 Å². The molecule has 0 saturated carbocycles. The van der Waals surface area contributed by atoms with E-state index in [0.717, 1.165) is 5.69 Å². The second kappa shape index (κ2) is 5.02. The van der Waals surface area contributed by atoms with Gasteiger partial charge in [0.25, 0.3) is 0 Å². The first kappa shape index (κ1) is 13.0. The van der Waals surface area contributed by atoms with E-state index in [4.69, 9.17) is 32.7 Å². The minimum Gasteiger partial charge on any atom is -0.378 e. The first-order valence-corrected chi connectivity index (χ1v) is 6.21. The van der Waals surface area contributed by atoms with Crippen molar-refractivity contribution in [2.75, 3.05) is 18.5 Å². The van der Waals surface area contributed by atoms with Crippen molar-refractivity contribution in [2.24, 2.45) is 0 Å². The molecule has 1 fully saturated rings. The molecule has 1 saturated heterocycles. The number of hydrogen-bond acceptors (Lipinski definition) is 3. The topological polar surface area (TPSA) is 30.5 Å². The summed E-state index contributed by atoms with van der Waals surface area (Å²) in [5.41, 5.74) is 0.913. The van der Waals surface area contributed by atoms with Crippen molar-refractivity contribution in [1.29, 1.82) is 0 Å². The largest absolute Gasteiger partial charge is 0.378 e. The summed E-state index contributed by atoms with van der Waals surface area (Å²) in [4.78, 5) is 0. The Hall–Kier alpha value is -0.480. The molecule has 0 aromatic heterocycles. The molecule has 1 N–H and O–H groups in total. The Morgan fingerprint density at radius 2 is 1.82 bits per heavy atom. The Bertz CT molecular complexity index is 399. The van der Waals surface area contributed by atoms with Gasteiger partial charge in [-0.25, -0.2) is 0 Å². The molecule has 17 heavy (non-hydrogen) atoms. The normalized spacial score (nSPS) is 20.2. The first-order chi connectivity index (χ1) is 7.96. The van der Waals surface area contributed by atoms with E-state index in [1.54, 1.807) is 12.1 Å². The van der Waals surface area contributed by atoms with Crippen LogP contribution in [0, 0.1) is 0 Å². The van der Waals surface area contributed by atoms with E-state index in [1.165, 1.54) is 0 Å². The molecule has 1 aromatic carbocycles. The van der Waals surface area contributed by atoms with Gasteiger partial charge in [0.2, 0.25) is 0 Å². The van der Waals surface area contributed by atoms with Crippen LogP contribution >= 0.6 is 23.2 Å². The van der Waals surface area contributed by atoms with Gasteiger partial charge in [0, 0.05) is 5.69 Å². The fourth-order valence-electron chi connectivity index (χ4n) is 1.60. The number of benzene rings is 1. The molecule has 1 aliphatic heterocycles. The third kappa shape index (κ3) is 3.49. The van der Waals surface area contributed by atoms with Gasteiger partial charge in [-0.15, -0.1) is 0 Å². The zero-order valence-corrected chi connectivity index (χ0v) is 11.3. The van der Waals surface area contributed by atoms with Gasteiger partial charge >= 0.3 is 0 Å². The van der Waals surface area contributed by atoms with Crippen LogP contribution in [0.3, 0.4) is 0 Å². The number of nitrogens with one attached hydrogen (secondary N) is 1. The second-order valence-corrected chi connectivity index (χ2v) is 5.31. The molecule has 94 valence electrons. The van der Waals surface area contributed by atoms with Crippen LogP contribution in [0.4, 0.5) is 5.69 Å². The van der Waals surface area contributed by atoms with Crippen molar-refractivity contribution in [3.05, 3.63) is 28.2 Å². The van der Waals surface area contributed by atoms with E-state index in [0.29, 0.717) is 23.3 Å². The van der Waals surface area contributed by atoms with Crippen molar-refractivity contribution in [1.82, 2.24) is 0 Å². The molecule has 0 bridgehead atoms. The Kier molecular flexibility index (Phi) is 3.83. The van der Waals surface area contributed by atoms with Crippen LogP contribution in [-0.2, 0) is 9.47 Å². The maximum Gasteiger partial charge on any atom is 0.162 e. The van der Waals surface area contributed by atoms with E-state index in [2.05, 4.69) is 5.32 Å². The van der Waals surface area contributed by atoms with Crippen molar-refractivity contribution >= 4 is 28.9 Å². The molecule has 0 spiro atoms. The van der Waals surface area contributed by atoms with Gasteiger partial charge in [0.1, 0.15) is 0 Å². The van der Waals surface area contributed by atoms with Crippen LogP contribution in [0.5, 0.6) is 0 Å². The summed E-state index contributed by atoms with van der Waals surface area (Å²) in [5.74, 6) is -0.490. The number of anilines is 1. The molecule has 1 aromatic rings. The SMILES string of the molecule is CC1(C)OCC(Nc2ccc(Cl)c(Cl)c2)CO1. The molecular formula is C12H15Cl2NO2. The highest BCUT2D eigenvalue weighted by molar-refractivity contribution is 6.42. The summed E-state index contributed by atoms with van der Waals surface area (Å²) < 4.78 is 11.1. The summed E-state index contributed by atoms with van der Waals surface area (Å²) >= 11 is 11.8. The quantitative estimate of drug-likeness (QED) is 0.896. The van der Waals surface area contributed by atoms with Gasteiger partial charge in [-0.1, -0.05) is 23.2 Å². The molecule has 0 unspecified atom stereocenters. The van der Waals surface area contributed by atoms with Gasteiger partial charge < -0.3 is 14.8 Å². The van der Waals surface area contributed by atoms with Crippen molar-refractivity contribution in [3.63, 3.8) is 0 Å². The average Bonchev–Trinajstić information content (AvgIpc) is 2.27. The molecule has 5 heteroatoms. The molecule has 0 amide bonds. The summed E-state index contributed by atoms with van der Waals surface area (Å²) in [6.45, 7) is 5.02. The maximum absolute atomic E-state index is 5.94. The molecular weight excluding hydrogens is 261 g/mol. The summed E-state index contributed by atoms with van der Waals surface area (Å²) in [5, 5.41) is 4.38. The maximum atomic E-state index is 5.94. The molecule has 1 aliphatic rings. The van der Waals surface area contributed by atoms with Crippen LogP contribution in [-0.4, -0.2) is 25.0 Å². The predicted molar refractivity (Wildman–Crippen MR) is 69.9 cm³/mol. The van der Waals surface area contributed by atoms with Gasteiger partial charge in [0.15, 0.2) is 5.79 Å². The predicted octanol–water partition coefficient (Wildman–Crippen LogP) is 3.56. The highest BCUT2D eigenvalue weighted by Crippen LogP contribution is 2.26. The molecule has 2 rings (SSSR count). The van der Waals surface area contributed by atoms with E-state index >= 15 is 0 Å². The third-order valence-electron chi connectivity index (χ3n) is 2.55. The van der Waals surface area contributed by atoms with Crippen molar-refractivity contribution < 1.29 is 9.47 Å². The first-order valence-electron chi connectivity index (χ1n) is 5.46. The lowest BCUT2D eigenvalue weighted by Gasteiger charge is -2.35. The van der Waals surface area contributed by atoms with Crippen molar-refractivity contribution in [3.8, 4) is 0 Å². The van der Waals surface area contributed by atoms with Gasteiger partial charge in [-0.2, -0.15) is 0 Å². The Labute approximate surface area is 111 Å².